The lowest BCUT2D eigenvalue weighted by Gasteiger charge is -2.29. The molecule has 3 nitrogen and oxygen atoms in total. The second-order valence-electron chi connectivity index (χ2n) is 4.26. The molecule has 5 heteroatoms. The SMILES string of the molecule is Nc1cccn(C2CCC(F)(F)CC2)c1=O. The Morgan fingerprint density at radius 3 is 2.62 bits per heavy atom. The Morgan fingerprint density at radius 2 is 2.00 bits per heavy atom. The number of aromatic nitrogens is 1. The summed E-state index contributed by atoms with van der Waals surface area (Å²) < 4.78 is 27.4. The van der Waals surface area contributed by atoms with Crippen LogP contribution in [0.2, 0.25) is 0 Å². The predicted octanol–water partition coefficient (Wildman–Crippen LogP) is 2.18. The van der Waals surface area contributed by atoms with Crippen LogP contribution in [0.15, 0.2) is 23.1 Å². The molecule has 0 radical (unpaired) electrons. The molecule has 1 aromatic rings. The van der Waals surface area contributed by atoms with Crippen molar-refractivity contribution < 1.29 is 8.78 Å². The highest BCUT2D eigenvalue weighted by Crippen LogP contribution is 2.37. The Morgan fingerprint density at radius 1 is 1.38 bits per heavy atom. The van der Waals surface area contributed by atoms with Gasteiger partial charge in [0.15, 0.2) is 0 Å². The average Bonchev–Trinajstić information content (AvgIpc) is 2.23. The summed E-state index contributed by atoms with van der Waals surface area (Å²) in [5.41, 5.74) is 5.39. The van der Waals surface area contributed by atoms with E-state index in [-0.39, 0.29) is 30.1 Å². The van der Waals surface area contributed by atoms with Gasteiger partial charge in [-0.05, 0) is 25.0 Å². The second-order valence-corrected chi connectivity index (χ2v) is 4.26. The van der Waals surface area contributed by atoms with Gasteiger partial charge in [-0.2, -0.15) is 0 Å². The molecule has 1 aliphatic rings. The zero-order chi connectivity index (χ0) is 11.8. The van der Waals surface area contributed by atoms with Gasteiger partial charge < -0.3 is 10.3 Å². The van der Waals surface area contributed by atoms with Crippen LogP contribution < -0.4 is 11.3 Å². The van der Waals surface area contributed by atoms with Crippen molar-refractivity contribution in [3.05, 3.63) is 28.7 Å². The van der Waals surface area contributed by atoms with Crippen LogP contribution in [0, 0.1) is 0 Å². The molecule has 1 heterocycles. The Labute approximate surface area is 91.9 Å². The van der Waals surface area contributed by atoms with Gasteiger partial charge in [-0.25, -0.2) is 8.78 Å². The zero-order valence-corrected chi connectivity index (χ0v) is 8.83. The molecule has 1 fully saturated rings. The summed E-state index contributed by atoms with van der Waals surface area (Å²) in [4.78, 5) is 11.7. The zero-order valence-electron chi connectivity index (χ0n) is 8.83. The quantitative estimate of drug-likeness (QED) is 0.800. The van der Waals surface area contributed by atoms with Gasteiger partial charge in [-0.15, -0.1) is 0 Å². The first-order valence-electron chi connectivity index (χ1n) is 5.34. The van der Waals surface area contributed by atoms with Crippen LogP contribution in [-0.4, -0.2) is 10.5 Å². The van der Waals surface area contributed by atoms with Crippen LogP contribution in [0.25, 0.3) is 0 Å². The second kappa shape index (κ2) is 3.88. The van der Waals surface area contributed by atoms with E-state index in [9.17, 15) is 13.6 Å². The van der Waals surface area contributed by atoms with Crippen molar-refractivity contribution in [2.45, 2.75) is 37.6 Å². The first-order chi connectivity index (χ1) is 7.49. The van der Waals surface area contributed by atoms with Gasteiger partial charge in [-0.1, -0.05) is 0 Å². The number of anilines is 1. The average molecular weight is 228 g/mol. The number of nitrogen functional groups attached to an aromatic ring is 1. The number of rotatable bonds is 1. The molecule has 0 aliphatic heterocycles. The lowest BCUT2D eigenvalue weighted by Crippen LogP contribution is -2.32. The summed E-state index contributed by atoms with van der Waals surface area (Å²) >= 11 is 0. The summed E-state index contributed by atoms with van der Waals surface area (Å²) in [5.74, 6) is -2.57. The number of alkyl halides is 2. The number of hydrogen-bond acceptors (Lipinski definition) is 2. The predicted molar refractivity (Wildman–Crippen MR) is 57.6 cm³/mol. The van der Waals surface area contributed by atoms with E-state index in [0.717, 1.165) is 0 Å². The third kappa shape index (κ3) is 2.08. The fourth-order valence-electron chi connectivity index (χ4n) is 2.12. The standard InChI is InChI=1S/C11H14F2N2O/c12-11(13)5-3-8(4-6-11)15-7-1-2-9(14)10(15)16/h1-2,7-8H,3-6,14H2. The minimum Gasteiger partial charge on any atom is -0.394 e. The molecule has 0 aromatic carbocycles. The maximum absolute atomic E-state index is 13.0. The Kier molecular flexibility index (Phi) is 2.69. The molecule has 2 N–H and O–H groups in total. The van der Waals surface area contributed by atoms with Gasteiger partial charge in [-0.3, -0.25) is 4.79 Å². The lowest BCUT2D eigenvalue weighted by atomic mass is 9.92. The lowest BCUT2D eigenvalue weighted by molar-refractivity contribution is -0.0442. The molecule has 2 rings (SSSR count). The van der Waals surface area contributed by atoms with E-state index in [1.807, 2.05) is 0 Å². The van der Waals surface area contributed by atoms with E-state index in [4.69, 9.17) is 5.73 Å². The third-order valence-electron chi connectivity index (χ3n) is 3.08. The van der Waals surface area contributed by atoms with Gasteiger partial charge >= 0.3 is 0 Å². The van der Waals surface area contributed by atoms with Crippen LogP contribution in [0.3, 0.4) is 0 Å². The van der Waals surface area contributed by atoms with Gasteiger partial charge in [0.1, 0.15) is 0 Å². The minimum absolute atomic E-state index is 0.143. The summed E-state index contributed by atoms with van der Waals surface area (Å²) in [6.07, 6.45) is 1.97. The van der Waals surface area contributed by atoms with Crippen molar-refractivity contribution in [2.75, 3.05) is 5.73 Å². The molecular formula is C11H14F2N2O. The van der Waals surface area contributed by atoms with Gasteiger partial charge in [0.2, 0.25) is 5.92 Å². The minimum atomic E-state index is -2.57. The maximum Gasteiger partial charge on any atom is 0.273 e. The Balaban J connectivity index is 2.21. The molecule has 1 saturated carbocycles. The number of pyridine rings is 1. The van der Waals surface area contributed by atoms with Gasteiger partial charge in [0.25, 0.3) is 5.56 Å². The highest BCUT2D eigenvalue weighted by atomic mass is 19.3. The van der Waals surface area contributed by atoms with E-state index in [1.54, 1.807) is 12.3 Å². The molecule has 1 aromatic heterocycles. The Hall–Kier alpha value is -1.39. The third-order valence-corrected chi connectivity index (χ3v) is 3.08. The fraction of sp³-hybridized carbons (Fsp3) is 0.545. The summed E-state index contributed by atoms with van der Waals surface area (Å²) in [7, 11) is 0. The number of halogens is 2. The largest absolute Gasteiger partial charge is 0.394 e. The summed E-state index contributed by atoms with van der Waals surface area (Å²) in [5, 5.41) is 0. The van der Waals surface area contributed by atoms with E-state index in [1.165, 1.54) is 10.6 Å². The molecule has 88 valence electrons. The van der Waals surface area contributed by atoms with Crippen molar-refractivity contribution in [2.24, 2.45) is 0 Å². The molecule has 0 amide bonds. The number of hydrogen-bond donors (Lipinski definition) is 1. The van der Waals surface area contributed by atoms with E-state index >= 15 is 0 Å². The number of nitrogens with zero attached hydrogens (tertiary/aromatic N) is 1. The first kappa shape index (κ1) is 11.1. The molecule has 0 unspecified atom stereocenters. The highest BCUT2D eigenvalue weighted by molar-refractivity contribution is 5.33. The molecule has 1 aliphatic carbocycles. The van der Waals surface area contributed by atoms with Crippen LogP contribution >= 0.6 is 0 Å². The Bertz CT molecular complexity index is 432. The molecule has 0 atom stereocenters. The summed E-state index contributed by atoms with van der Waals surface area (Å²) in [6.45, 7) is 0. The monoisotopic (exact) mass is 228 g/mol. The normalized spacial score (nSPS) is 20.9. The topological polar surface area (TPSA) is 48.0 Å². The van der Waals surface area contributed by atoms with Crippen LogP contribution in [0.1, 0.15) is 31.7 Å². The van der Waals surface area contributed by atoms with E-state index in [0.29, 0.717) is 12.8 Å². The maximum atomic E-state index is 13.0. The number of nitrogens with two attached hydrogens (primary N) is 1. The van der Waals surface area contributed by atoms with Crippen molar-refractivity contribution in [1.29, 1.82) is 0 Å². The molecular weight excluding hydrogens is 214 g/mol. The van der Waals surface area contributed by atoms with Crippen LogP contribution in [0.5, 0.6) is 0 Å². The molecule has 0 spiro atoms. The van der Waals surface area contributed by atoms with E-state index < -0.39 is 5.92 Å². The van der Waals surface area contributed by atoms with Gasteiger partial charge in [0, 0.05) is 25.1 Å². The smallest absolute Gasteiger partial charge is 0.273 e. The van der Waals surface area contributed by atoms with Crippen LogP contribution in [0.4, 0.5) is 14.5 Å². The van der Waals surface area contributed by atoms with Crippen LogP contribution in [-0.2, 0) is 0 Å². The first-order valence-corrected chi connectivity index (χ1v) is 5.34. The van der Waals surface area contributed by atoms with Crippen molar-refractivity contribution >= 4 is 5.69 Å². The van der Waals surface area contributed by atoms with Gasteiger partial charge in [0.05, 0.1) is 5.69 Å². The van der Waals surface area contributed by atoms with Crippen molar-refractivity contribution in [3.8, 4) is 0 Å². The molecule has 16 heavy (non-hydrogen) atoms. The van der Waals surface area contributed by atoms with Crippen molar-refractivity contribution in [1.82, 2.24) is 4.57 Å². The summed E-state index contributed by atoms with van der Waals surface area (Å²) in [6, 6.07) is 3.05. The molecule has 0 saturated heterocycles. The fourth-order valence-corrected chi connectivity index (χ4v) is 2.12. The highest BCUT2D eigenvalue weighted by Gasteiger charge is 2.35. The van der Waals surface area contributed by atoms with Crippen molar-refractivity contribution in [3.63, 3.8) is 0 Å². The van der Waals surface area contributed by atoms with E-state index in [2.05, 4.69) is 0 Å². The molecule has 0 bridgehead atoms.